The van der Waals surface area contributed by atoms with Crippen LogP contribution in [0, 0.1) is 41.5 Å². The largest absolute Gasteiger partial charge is 0.497 e. The minimum atomic E-state index is 0.751. The molecule has 0 heterocycles. The average molecular weight is 1800 g/mol. The van der Waals surface area contributed by atoms with Crippen LogP contribution in [0.5, 0.6) is 34.5 Å². The van der Waals surface area contributed by atoms with Crippen molar-refractivity contribution in [1.82, 2.24) is 14.7 Å². The molecule has 12 heteroatoms. The number of aryl methyl sites for hydroxylation is 6. The Morgan fingerprint density at radius 2 is 0.232 bits per heavy atom. The van der Waals surface area contributed by atoms with Crippen LogP contribution < -0.4 is 57.8 Å². The maximum atomic E-state index is 5.83. The van der Waals surface area contributed by atoms with E-state index in [4.69, 9.17) is 28.4 Å². The standard InChI is InChI=1S/C126H108N6O6/c1-85-13-37-97(38-14-85)127(98-39-15-86(2)16-40-98)103-49-25-91(26-50-103)121-124(94-31-55-106(56-32-94)130(109-61-73-115(133-7)74-62-109)110-63-75-116(134-8)76-64-110)122(92-27-51-104(52-28-92)128(99-41-17-87(3)18-42-99)100-43-19-88(4)20-44-100)126(96-35-59-108(60-36-96)132(113-69-81-119(137-11)82-70-113)114-71-83-120(138-12)84-72-114)123(93-29-53-105(54-30-93)129(101-45-21-89(5)22-46-101)102-47-23-90(6)24-48-102)125(121)95-33-57-107(58-34-95)131(111-65-77-117(135-9)78-66-111)112-67-79-118(136-10)80-68-112/h13-84H,1-12H3/q+3. The van der Waals surface area contributed by atoms with E-state index in [-0.39, 0.29) is 0 Å². The van der Waals surface area contributed by atoms with Gasteiger partial charge in [-0.25, -0.2) is 0 Å². The lowest BCUT2D eigenvalue weighted by molar-refractivity contribution is 0.414. The van der Waals surface area contributed by atoms with Crippen LogP contribution in [-0.2, 0) is 0 Å². The third-order valence-electron chi connectivity index (χ3n) is 25.7. The monoisotopic (exact) mass is 1800 g/mol. The zero-order valence-electron chi connectivity index (χ0n) is 79.7. The molecule has 0 N–H and O–H groups in total. The van der Waals surface area contributed by atoms with Gasteiger partial charge in [0.1, 0.15) is 34.5 Å². The van der Waals surface area contributed by atoms with Crippen molar-refractivity contribution in [3.63, 3.8) is 0 Å². The molecule has 0 aliphatic rings. The number of benzene rings is 19. The van der Waals surface area contributed by atoms with Crippen molar-refractivity contribution in [3.8, 4) is 101 Å². The molecule has 19 aromatic rings. The molecule has 3 radical (unpaired) electrons. The quantitative estimate of drug-likeness (QED) is 0.0409. The van der Waals surface area contributed by atoms with Crippen molar-refractivity contribution in [2.24, 2.45) is 0 Å². The molecule has 0 saturated carbocycles. The Morgan fingerprint density at radius 3 is 0.348 bits per heavy atom. The summed E-state index contributed by atoms with van der Waals surface area (Å²) in [4.78, 5) is 14.0. The molecule has 0 spiro atoms. The normalized spacial score (nSPS) is 11.2. The van der Waals surface area contributed by atoms with Crippen LogP contribution >= 0.6 is 0 Å². The van der Waals surface area contributed by atoms with Crippen LogP contribution in [0.1, 0.15) is 33.4 Å². The third kappa shape index (κ3) is 19.1. The van der Waals surface area contributed by atoms with E-state index >= 15 is 0 Å². The van der Waals surface area contributed by atoms with Crippen LogP contribution in [0.2, 0.25) is 0 Å². The molecule has 0 saturated heterocycles. The summed E-state index contributed by atoms with van der Waals surface area (Å²) in [6, 6.07) is 158. The fourth-order valence-electron chi connectivity index (χ4n) is 18.4. The van der Waals surface area contributed by atoms with E-state index in [1.165, 1.54) is 33.4 Å². The molecular weight excluding hydrogens is 1690 g/mol. The first-order valence-corrected chi connectivity index (χ1v) is 46.5. The summed E-state index contributed by atoms with van der Waals surface area (Å²) >= 11 is 0. The highest BCUT2D eigenvalue weighted by atomic mass is 16.5. The molecule has 0 amide bonds. The topological polar surface area (TPSA) is 82.8 Å². The van der Waals surface area contributed by atoms with Crippen LogP contribution in [0.3, 0.4) is 0 Å². The Labute approximate surface area is 810 Å². The van der Waals surface area contributed by atoms with E-state index in [0.29, 0.717) is 0 Å². The van der Waals surface area contributed by atoms with E-state index in [1.54, 1.807) is 42.7 Å². The molecule has 0 fully saturated rings. The second kappa shape index (κ2) is 40.6. The second-order valence-electron chi connectivity index (χ2n) is 34.7. The molecule has 19 aromatic carbocycles. The molecule has 19 rings (SSSR count). The molecule has 12 nitrogen and oxygen atoms in total. The summed E-state index contributed by atoms with van der Waals surface area (Å²) in [5.74, 6) is 4.51. The van der Waals surface area contributed by atoms with Crippen molar-refractivity contribution in [2.75, 3.05) is 57.4 Å². The van der Waals surface area contributed by atoms with Gasteiger partial charge in [0.25, 0.3) is 0 Å². The molecule has 0 unspecified atom stereocenters. The van der Waals surface area contributed by atoms with Gasteiger partial charge in [-0.05, 0) is 327 Å². The lowest BCUT2D eigenvalue weighted by atomic mass is 9.74. The summed E-state index contributed by atoms with van der Waals surface area (Å²) < 4.78 is 35.0. The van der Waals surface area contributed by atoms with Gasteiger partial charge in [0.2, 0.25) is 0 Å². The van der Waals surface area contributed by atoms with Crippen LogP contribution in [-0.4, -0.2) is 42.7 Å². The maximum absolute atomic E-state index is 5.83. The Kier molecular flexibility index (Phi) is 26.6. The number of nitrogens with zero attached hydrogens (tertiary/aromatic N) is 6. The molecule has 0 aromatic heterocycles. The summed E-state index contributed by atoms with van der Waals surface area (Å²) in [6.45, 7) is 12.9. The fourth-order valence-corrected chi connectivity index (χ4v) is 18.4. The van der Waals surface area contributed by atoms with Crippen molar-refractivity contribution in [3.05, 3.63) is 470 Å². The zero-order valence-corrected chi connectivity index (χ0v) is 79.7. The predicted octanol–water partition coefficient (Wildman–Crippen LogP) is 34.3. The minimum Gasteiger partial charge on any atom is -0.497 e. The predicted molar refractivity (Wildman–Crippen MR) is 573 cm³/mol. The van der Waals surface area contributed by atoms with Crippen LogP contribution in [0.4, 0.5) is 102 Å². The van der Waals surface area contributed by atoms with E-state index in [9.17, 15) is 0 Å². The average Bonchev–Trinajstić information content (AvgIpc) is 0.709. The number of hydrogen-bond donors (Lipinski definition) is 0. The van der Waals surface area contributed by atoms with Gasteiger partial charge in [-0.2, -0.15) is 0 Å². The van der Waals surface area contributed by atoms with E-state index in [1.807, 2.05) is 72.8 Å². The summed E-state index contributed by atoms with van der Waals surface area (Å²) in [6.07, 6.45) is 0. The van der Waals surface area contributed by atoms with Crippen molar-refractivity contribution in [2.45, 2.75) is 41.5 Å². The number of methoxy groups -OCH3 is 6. The summed E-state index contributed by atoms with van der Waals surface area (Å²) in [7, 11) is 10.2. The highest BCUT2D eigenvalue weighted by Crippen LogP contribution is 2.59. The number of ether oxygens (including phenoxy) is 6. The Hall–Kier alpha value is -16.7. The van der Waals surface area contributed by atoms with Crippen LogP contribution in [0.15, 0.2) is 437 Å². The first-order chi connectivity index (χ1) is 67.6. The smallest absolute Gasteiger partial charge is 0.192 e. The van der Waals surface area contributed by atoms with Crippen molar-refractivity contribution < 1.29 is 28.4 Å². The highest BCUT2D eigenvalue weighted by Gasteiger charge is 2.36. The Balaban J connectivity index is 0.970. The van der Waals surface area contributed by atoms with E-state index < -0.39 is 0 Å². The summed E-state index contributed by atoms with van der Waals surface area (Å²) in [5.41, 5.74) is 36.4. The molecular formula is C126H108N6O6+3. The van der Waals surface area contributed by atoms with Crippen LogP contribution in [0.25, 0.3) is 66.8 Å². The third-order valence-corrected chi connectivity index (χ3v) is 25.7. The van der Waals surface area contributed by atoms with Gasteiger partial charge in [0, 0.05) is 160 Å². The lowest BCUT2D eigenvalue weighted by Gasteiger charge is -2.30. The first kappa shape index (κ1) is 90.4. The molecule has 138 heavy (non-hydrogen) atoms. The molecule has 675 valence electrons. The maximum Gasteiger partial charge on any atom is 0.192 e. The minimum absolute atomic E-state index is 0.751. The Morgan fingerprint density at radius 1 is 0.130 bits per heavy atom. The molecule has 0 bridgehead atoms. The van der Waals surface area contributed by atoms with Gasteiger partial charge in [-0.3, -0.25) is 0 Å². The number of anilines is 18. The van der Waals surface area contributed by atoms with Crippen molar-refractivity contribution in [1.29, 1.82) is 0 Å². The SMILES string of the molecule is COc1ccc([N+](c2ccc(OC)cc2)c2ccc(-c3c(-c4ccc(N(c5ccc(C)cc5)c5ccc(C)cc5)cc4)c(-c4ccc([N+](c5ccc(OC)cc5)c5ccc(OC)cc5)cc4)c(-c4ccc(N(c5ccc(C)cc5)c5ccc(C)cc5)cc4)c(-c4ccc([N+](c5ccc(OC)cc5)c5ccc(OC)cc5)cc4)c3-c3ccc(N(c4ccc(C)cc4)c4ccc(C)cc4)cc3)cc2)cc1. The van der Waals surface area contributed by atoms with Gasteiger partial charge < -0.3 is 43.1 Å². The molecule has 0 atom stereocenters. The Bertz CT molecular complexity index is 6340. The fraction of sp³-hybridized carbons (Fsp3) is 0.0952. The zero-order chi connectivity index (χ0) is 94.9. The lowest BCUT2D eigenvalue weighted by Crippen LogP contribution is -2.12. The van der Waals surface area contributed by atoms with E-state index in [2.05, 4.69) is 435 Å². The molecule has 0 aliphatic heterocycles. The summed E-state index contributed by atoms with van der Waals surface area (Å²) in [5, 5.41) is 0. The highest BCUT2D eigenvalue weighted by molar-refractivity contribution is 6.16. The number of hydrogen-bond acceptors (Lipinski definition) is 12. The van der Waals surface area contributed by atoms with Gasteiger partial charge in [-0.15, -0.1) is 0 Å². The second-order valence-corrected chi connectivity index (χ2v) is 34.7. The van der Waals surface area contributed by atoms with E-state index in [0.717, 1.165) is 204 Å². The number of rotatable bonds is 30. The van der Waals surface area contributed by atoms with Gasteiger partial charge in [-0.1, -0.05) is 157 Å². The van der Waals surface area contributed by atoms with Gasteiger partial charge in [0.15, 0.2) is 51.2 Å². The van der Waals surface area contributed by atoms with Crippen molar-refractivity contribution >= 4 is 102 Å². The first-order valence-electron chi connectivity index (χ1n) is 46.5. The van der Waals surface area contributed by atoms with Gasteiger partial charge in [0.05, 0.1) is 42.7 Å². The van der Waals surface area contributed by atoms with Gasteiger partial charge >= 0.3 is 0 Å². The molecule has 0 aliphatic carbocycles.